The molecule has 0 unspecified atom stereocenters. The molecule has 0 radical (unpaired) electrons. The van der Waals surface area contributed by atoms with E-state index in [0.717, 1.165) is 19.1 Å². The zero-order valence-electron chi connectivity index (χ0n) is 10.2. The number of hydrogen-bond donors (Lipinski definition) is 2. The van der Waals surface area contributed by atoms with Crippen molar-refractivity contribution in [1.82, 2.24) is 5.32 Å². The molecular weight excluding hydrogens is 228 g/mol. The van der Waals surface area contributed by atoms with Crippen molar-refractivity contribution in [2.75, 3.05) is 23.4 Å². The fraction of sp³-hybridized carbons (Fsp3) is 0.571. The molecule has 0 amide bonds. The third-order valence-corrected chi connectivity index (χ3v) is 4.78. The molecule has 0 aliphatic carbocycles. The Labute approximate surface area is 108 Å². The molecule has 1 aromatic carbocycles. The molecule has 1 fully saturated rings. The van der Waals surface area contributed by atoms with Gasteiger partial charge in [0.05, 0.1) is 0 Å². The molecule has 1 aromatic rings. The van der Waals surface area contributed by atoms with Gasteiger partial charge in [0.2, 0.25) is 0 Å². The lowest BCUT2D eigenvalue weighted by Gasteiger charge is -2.23. The highest BCUT2D eigenvalue weighted by Crippen LogP contribution is 2.26. The molecule has 3 heteroatoms. The van der Waals surface area contributed by atoms with E-state index in [1.165, 1.54) is 47.6 Å². The zero-order valence-corrected chi connectivity index (χ0v) is 11.0. The minimum Gasteiger partial charge on any atom is -0.384 e. The smallest absolute Gasteiger partial charge is 0.0419 e. The van der Waals surface area contributed by atoms with Gasteiger partial charge in [-0.25, -0.2) is 0 Å². The summed E-state index contributed by atoms with van der Waals surface area (Å²) >= 11 is 2.09. The van der Waals surface area contributed by atoms with Crippen molar-refractivity contribution in [2.24, 2.45) is 0 Å². The van der Waals surface area contributed by atoms with Crippen LogP contribution in [0.25, 0.3) is 0 Å². The molecule has 1 saturated heterocycles. The van der Waals surface area contributed by atoms with Gasteiger partial charge in [-0.05, 0) is 41.9 Å². The van der Waals surface area contributed by atoms with E-state index in [4.69, 9.17) is 0 Å². The number of benzene rings is 1. The van der Waals surface area contributed by atoms with Crippen LogP contribution in [0.2, 0.25) is 0 Å². The SMILES string of the molecule is c1cc2c(c(CNC3CCSCC3)c1)NCC2. The van der Waals surface area contributed by atoms with Gasteiger partial charge < -0.3 is 10.6 Å². The summed E-state index contributed by atoms with van der Waals surface area (Å²) in [7, 11) is 0. The molecule has 92 valence electrons. The van der Waals surface area contributed by atoms with E-state index in [0.29, 0.717) is 0 Å². The Morgan fingerprint density at radius 1 is 1.29 bits per heavy atom. The Balaban J connectivity index is 1.63. The van der Waals surface area contributed by atoms with Crippen LogP contribution in [-0.2, 0) is 13.0 Å². The van der Waals surface area contributed by atoms with E-state index < -0.39 is 0 Å². The zero-order chi connectivity index (χ0) is 11.5. The highest BCUT2D eigenvalue weighted by molar-refractivity contribution is 7.99. The van der Waals surface area contributed by atoms with Gasteiger partial charge in [-0.3, -0.25) is 0 Å². The van der Waals surface area contributed by atoms with E-state index in [-0.39, 0.29) is 0 Å². The molecule has 0 saturated carbocycles. The van der Waals surface area contributed by atoms with Crippen molar-refractivity contribution in [2.45, 2.75) is 31.8 Å². The van der Waals surface area contributed by atoms with E-state index >= 15 is 0 Å². The van der Waals surface area contributed by atoms with Crippen LogP contribution < -0.4 is 10.6 Å². The number of anilines is 1. The monoisotopic (exact) mass is 248 g/mol. The molecule has 2 nitrogen and oxygen atoms in total. The van der Waals surface area contributed by atoms with Gasteiger partial charge in [0, 0.05) is 24.8 Å². The van der Waals surface area contributed by atoms with Crippen molar-refractivity contribution in [3.63, 3.8) is 0 Å². The predicted molar refractivity (Wildman–Crippen MR) is 75.8 cm³/mol. The first-order chi connectivity index (χ1) is 8.43. The van der Waals surface area contributed by atoms with Crippen molar-refractivity contribution < 1.29 is 0 Å². The normalized spacial score (nSPS) is 20.0. The van der Waals surface area contributed by atoms with Crippen molar-refractivity contribution in [1.29, 1.82) is 0 Å². The molecule has 2 aliphatic rings. The predicted octanol–water partition coefficient (Wildman–Crippen LogP) is 2.64. The Kier molecular flexibility index (Phi) is 3.57. The Bertz CT molecular complexity index is 386. The van der Waals surface area contributed by atoms with Crippen LogP contribution >= 0.6 is 11.8 Å². The minimum atomic E-state index is 0.730. The average molecular weight is 248 g/mol. The average Bonchev–Trinajstić information content (AvgIpc) is 2.86. The van der Waals surface area contributed by atoms with Crippen molar-refractivity contribution >= 4 is 17.4 Å². The largest absolute Gasteiger partial charge is 0.384 e. The van der Waals surface area contributed by atoms with Gasteiger partial charge in [0.15, 0.2) is 0 Å². The molecule has 2 aliphatic heterocycles. The summed E-state index contributed by atoms with van der Waals surface area (Å²) in [4.78, 5) is 0. The summed E-state index contributed by atoms with van der Waals surface area (Å²) in [5.74, 6) is 2.64. The van der Waals surface area contributed by atoms with Crippen LogP contribution in [-0.4, -0.2) is 24.1 Å². The first-order valence-electron chi connectivity index (χ1n) is 6.59. The molecule has 0 spiro atoms. The fourth-order valence-corrected chi connectivity index (χ4v) is 3.82. The van der Waals surface area contributed by atoms with Gasteiger partial charge in [0.25, 0.3) is 0 Å². The maximum atomic E-state index is 3.71. The molecule has 0 aromatic heterocycles. The summed E-state index contributed by atoms with van der Waals surface area (Å²) < 4.78 is 0. The second-order valence-corrected chi connectivity index (χ2v) is 6.12. The minimum absolute atomic E-state index is 0.730. The standard InChI is InChI=1S/C14H20N2S/c1-2-11-4-7-15-14(11)12(3-1)10-16-13-5-8-17-9-6-13/h1-3,13,15-16H,4-10H2. The van der Waals surface area contributed by atoms with Crippen LogP contribution in [0, 0.1) is 0 Å². The van der Waals surface area contributed by atoms with E-state index in [1.54, 1.807) is 0 Å². The van der Waals surface area contributed by atoms with E-state index in [1.807, 2.05) is 0 Å². The van der Waals surface area contributed by atoms with Crippen LogP contribution in [0.5, 0.6) is 0 Å². The van der Waals surface area contributed by atoms with Gasteiger partial charge in [-0.2, -0.15) is 11.8 Å². The van der Waals surface area contributed by atoms with Crippen molar-refractivity contribution in [3.8, 4) is 0 Å². The van der Waals surface area contributed by atoms with Gasteiger partial charge >= 0.3 is 0 Å². The Morgan fingerprint density at radius 2 is 2.18 bits per heavy atom. The Hall–Kier alpha value is -0.670. The molecule has 17 heavy (non-hydrogen) atoms. The first-order valence-corrected chi connectivity index (χ1v) is 7.75. The maximum Gasteiger partial charge on any atom is 0.0419 e. The van der Waals surface area contributed by atoms with Gasteiger partial charge in [-0.1, -0.05) is 18.2 Å². The lowest BCUT2D eigenvalue weighted by atomic mass is 10.1. The van der Waals surface area contributed by atoms with Gasteiger partial charge in [-0.15, -0.1) is 0 Å². The first kappa shape index (κ1) is 11.4. The fourth-order valence-electron chi connectivity index (χ4n) is 2.71. The number of rotatable bonds is 3. The maximum absolute atomic E-state index is 3.71. The van der Waals surface area contributed by atoms with E-state index in [9.17, 15) is 0 Å². The number of para-hydroxylation sites is 1. The number of fused-ring (bicyclic) bond motifs is 1. The van der Waals surface area contributed by atoms with Crippen LogP contribution in [0.15, 0.2) is 18.2 Å². The number of thioether (sulfide) groups is 1. The number of nitrogens with one attached hydrogen (secondary N) is 2. The Morgan fingerprint density at radius 3 is 3.06 bits per heavy atom. The quantitative estimate of drug-likeness (QED) is 0.860. The summed E-state index contributed by atoms with van der Waals surface area (Å²) in [6, 6.07) is 7.42. The van der Waals surface area contributed by atoms with Crippen LogP contribution in [0.3, 0.4) is 0 Å². The molecule has 3 rings (SSSR count). The molecule has 0 bridgehead atoms. The third kappa shape index (κ3) is 2.61. The van der Waals surface area contributed by atoms with Crippen LogP contribution in [0.1, 0.15) is 24.0 Å². The summed E-state index contributed by atoms with van der Waals surface area (Å²) in [5.41, 5.74) is 4.33. The molecule has 2 N–H and O–H groups in total. The lowest BCUT2D eigenvalue weighted by Crippen LogP contribution is -2.32. The highest BCUT2D eigenvalue weighted by Gasteiger charge is 2.16. The van der Waals surface area contributed by atoms with Crippen molar-refractivity contribution in [3.05, 3.63) is 29.3 Å². The molecule has 0 atom stereocenters. The number of hydrogen-bond acceptors (Lipinski definition) is 3. The second-order valence-electron chi connectivity index (χ2n) is 4.90. The van der Waals surface area contributed by atoms with E-state index in [2.05, 4.69) is 40.6 Å². The molecule has 2 heterocycles. The summed E-state index contributed by atoms with van der Waals surface area (Å²) in [6.07, 6.45) is 3.84. The summed E-state index contributed by atoms with van der Waals surface area (Å²) in [5, 5.41) is 7.23. The highest BCUT2D eigenvalue weighted by atomic mass is 32.2. The second kappa shape index (κ2) is 5.32. The lowest BCUT2D eigenvalue weighted by molar-refractivity contribution is 0.482. The summed E-state index contributed by atoms with van der Waals surface area (Å²) in [6.45, 7) is 2.12. The van der Waals surface area contributed by atoms with Crippen LogP contribution in [0.4, 0.5) is 5.69 Å². The topological polar surface area (TPSA) is 24.1 Å². The molecular formula is C14H20N2S. The van der Waals surface area contributed by atoms with Gasteiger partial charge in [0.1, 0.15) is 0 Å². The third-order valence-electron chi connectivity index (χ3n) is 3.74.